The van der Waals surface area contributed by atoms with Gasteiger partial charge in [-0.25, -0.2) is 13.1 Å². The fourth-order valence-electron chi connectivity index (χ4n) is 2.49. The van der Waals surface area contributed by atoms with E-state index in [0.29, 0.717) is 11.3 Å². The minimum atomic E-state index is -3.56. The molecule has 0 unspecified atom stereocenters. The van der Waals surface area contributed by atoms with E-state index in [1.807, 2.05) is 0 Å². The second-order valence-electron chi connectivity index (χ2n) is 6.77. The first-order valence-corrected chi connectivity index (χ1v) is 10.5. The van der Waals surface area contributed by atoms with Crippen LogP contribution in [0.2, 0.25) is 5.02 Å². The number of sulfonamides is 1. The summed E-state index contributed by atoms with van der Waals surface area (Å²) in [5.74, 6) is -0.705. The molecular formula is C19H20ClN3O4S. The maximum absolute atomic E-state index is 12.5. The van der Waals surface area contributed by atoms with E-state index in [0.717, 1.165) is 12.8 Å². The van der Waals surface area contributed by atoms with E-state index < -0.39 is 15.9 Å². The molecule has 1 saturated carbocycles. The Balaban J connectivity index is 1.74. The van der Waals surface area contributed by atoms with E-state index in [1.165, 1.54) is 41.3 Å². The maximum atomic E-state index is 12.5. The van der Waals surface area contributed by atoms with Crippen molar-refractivity contribution in [1.82, 2.24) is 9.62 Å². The maximum Gasteiger partial charge on any atom is 0.255 e. The zero-order chi connectivity index (χ0) is 20.5. The van der Waals surface area contributed by atoms with Gasteiger partial charge in [-0.2, -0.15) is 0 Å². The van der Waals surface area contributed by atoms with E-state index in [4.69, 9.17) is 11.6 Å². The van der Waals surface area contributed by atoms with Gasteiger partial charge in [-0.15, -0.1) is 0 Å². The van der Waals surface area contributed by atoms with Gasteiger partial charge in [0.1, 0.15) is 0 Å². The Labute approximate surface area is 168 Å². The van der Waals surface area contributed by atoms with Crippen molar-refractivity contribution in [1.29, 1.82) is 0 Å². The molecule has 0 spiro atoms. The van der Waals surface area contributed by atoms with Gasteiger partial charge in [-0.05, 0) is 55.3 Å². The average molecular weight is 422 g/mol. The molecule has 2 amide bonds. The molecule has 3 rings (SSSR count). The van der Waals surface area contributed by atoms with Crippen LogP contribution >= 0.6 is 11.6 Å². The highest BCUT2D eigenvalue weighted by Gasteiger charge is 2.28. The fourth-order valence-corrected chi connectivity index (χ4v) is 3.99. The lowest BCUT2D eigenvalue weighted by Gasteiger charge is -2.13. The van der Waals surface area contributed by atoms with Crippen molar-refractivity contribution in [3.05, 3.63) is 58.6 Å². The topological polar surface area (TPSA) is 95.6 Å². The number of hydrogen-bond acceptors (Lipinski definition) is 4. The third-order valence-electron chi connectivity index (χ3n) is 4.19. The van der Waals surface area contributed by atoms with Crippen molar-refractivity contribution in [3.63, 3.8) is 0 Å². The van der Waals surface area contributed by atoms with Crippen molar-refractivity contribution in [2.75, 3.05) is 19.4 Å². The van der Waals surface area contributed by atoms with Gasteiger partial charge in [0, 0.05) is 31.4 Å². The van der Waals surface area contributed by atoms with Crippen LogP contribution in [0.4, 0.5) is 5.69 Å². The van der Waals surface area contributed by atoms with Crippen molar-refractivity contribution >= 4 is 39.1 Å². The second-order valence-corrected chi connectivity index (χ2v) is 8.89. The van der Waals surface area contributed by atoms with Crippen LogP contribution in [0, 0.1) is 0 Å². The second kappa shape index (κ2) is 7.90. The number of rotatable bonds is 6. The van der Waals surface area contributed by atoms with Gasteiger partial charge in [-0.1, -0.05) is 11.6 Å². The molecule has 2 N–H and O–H groups in total. The van der Waals surface area contributed by atoms with Crippen LogP contribution in [0.25, 0.3) is 0 Å². The number of hydrogen-bond donors (Lipinski definition) is 2. The Morgan fingerprint density at radius 1 is 1.07 bits per heavy atom. The van der Waals surface area contributed by atoms with E-state index >= 15 is 0 Å². The van der Waals surface area contributed by atoms with Gasteiger partial charge in [-0.3, -0.25) is 9.59 Å². The smallest absolute Gasteiger partial charge is 0.255 e. The Bertz CT molecular complexity index is 1020. The van der Waals surface area contributed by atoms with Crippen molar-refractivity contribution < 1.29 is 18.0 Å². The third kappa shape index (κ3) is 4.70. The molecule has 1 fully saturated rings. The van der Waals surface area contributed by atoms with E-state index in [1.54, 1.807) is 20.2 Å². The van der Waals surface area contributed by atoms with Crippen LogP contribution in [0.3, 0.4) is 0 Å². The first-order valence-electron chi connectivity index (χ1n) is 8.62. The summed E-state index contributed by atoms with van der Waals surface area (Å²) in [4.78, 5) is 26.1. The molecule has 28 heavy (non-hydrogen) atoms. The van der Waals surface area contributed by atoms with Crippen LogP contribution in [0.15, 0.2) is 47.4 Å². The molecule has 0 aromatic heterocycles. The SMILES string of the molecule is CN(C)C(=O)c1cc(NC(=O)c2ccc(S(=O)(=O)NC3CC3)cc2)ccc1Cl. The summed E-state index contributed by atoms with van der Waals surface area (Å²) in [6.07, 6.45) is 1.69. The minimum absolute atomic E-state index is 0.0111. The third-order valence-corrected chi connectivity index (χ3v) is 6.05. The highest BCUT2D eigenvalue weighted by Crippen LogP contribution is 2.24. The summed E-state index contributed by atoms with van der Waals surface area (Å²) in [5.41, 5.74) is 0.976. The predicted octanol–water partition coefficient (Wildman–Crippen LogP) is 2.73. The van der Waals surface area contributed by atoms with Gasteiger partial charge in [0.05, 0.1) is 15.5 Å². The number of benzene rings is 2. The van der Waals surface area contributed by atoms with Crippen LogP contribution in [-0.2, 0) is 10.0 Å². The normalized spacial score (nSPS) is 13.8. The number of nitrogens with one attached hydrogen (secondary N) is 2. The lowest BCUT2D eigenvalue weighted by molar-refractivity contribution is 0.0827. The van der Waals surface area contributed by atoms with Gasteiger partial charge in [0.2, 0.25) is 10.0 Å². The van der Waals surface area contributed by atoms with E-state index in [2.05, 4.69) is 10.0 Å². The quantitative estimate of drug-likeness (QED) is 0.749. The van der Waals surface area contributed by atoms with Crippen LogP contribution in [0.1, 0.15) is 33.6 Å². The lowest BCUT2D eigenvalue weighted by atomic mass is 10.1. The number of amides is 2. The monoisotopic (exact) mass is 421 g/mol. The predicted molar refractivity (Wildman–Crippen MR) is 107 cm³/mol. The first kappa shape index (κ1) is 20.3. The summed E-state index contributed by atoms with van der Waals surface area (Å²) < 4.78 is 27.0. The molecule has 148 valence electrons. The molecule has 1 aliphatic rings. The van der Waals surface area contributed by atoms with E-state index in [9.17, 15) is 18.0 Å². The molecular weight excluding hydrogens is 402 g/mol. The number of nitrogens with zero attached hydrogens (tertiary/aromatic N) is 1. The number of carbonyl (C=O) groups is 2. The zero-order valence-electron chi connectivity index (χ0n) is 15.4. The Morgan fingerprint density at radius 3 is 2.29 bits per heavy atom. The van der Waals surface area contributed by atoms with Crippen LogP contribution < -0.4 is 10.0 Å². The minimum Gasteiger partial charge on any atom is -0.345 e. The van der Waals surface area contributed by atoms with Gasteiger partial charge in [0.25, 0.3) is 11.8 Å². The molecule has 2 aromatic carbocycles. The average Bonchev–Trinajstić information content (AvgIpc) is 3.46. The van der Waals surface area contributed by atoms with Crippen molar-refractivity contribution in [2.45, 2.75) is 23.8 Å². The summed E-state index contributed by atoms with van der Waals surface area (Å²) in [5, 5.41) is 2.97. The van der Waals surface area contributed by atoms with Crippen LogP contribution in [-0.4, -0.2) is 45.3 Å². The molecule has 0 aliphatic heterocycles. The van der Waals surface area contributed by atoms with Gasteiger partial charge in [0.15, 0.2) is 0 Å². The van der Waals surface area contributed by atoms with Crippen molar-refractivity contribution in [2.24, 2.45) is 0 Å². The Hall–Kier alpha value is -2.42. The largest absolute Gasteiger partial charge is 0.345 e. The Kier molecular flexibility index (Phi) is 5.74. The summed E-state index contributed by atoms with van der Waals surface area (Å²) in [6, 6.07) is 10.3. The van der Waals surface area contributed by atoms with E-state index in [-0.39, 0.29) is 27.4 Å². The molecule has 2 aromatic rings. The van der Waals surface area contributed by atoms with Gasteiger partial charge >= 0.3 is 0 Å². The summed E-state index contributed by atoms with van der Waals surface area (Å²) >= 11 is 6.07. The zero-order valence-corrected chi connectivity index (χ0v) is 17.0. The molecule has 1 aliphatic carbocycles. The van der Waals surface area contributed by atoms with Gasteiger partial charge < -0.3 is 10.2 Å². The number of carbonyl (C=O) groups excluding carboxylic acids is 2. The highest BCUT2D eigenvalue weighted by atomic mass is 35.5. The molecule has 0 bridgehead atoms. The molecule has 9 heteroatoms. The standard InChI is InChI=1S/C19H20ClN3O4S/c1-23(2)19(25)16-11-14(7-10-17(16)20)21-18(24)12-3-8-15(9-4-12)28(26,27)22-13-5-6-13/h3-4,7-11,13,22H,5-6H2,1-2H3,(H,21,24). The summed E-state index contributed by atoms with van der Waals surface area (Å²) in [7, 11) is -0.348. The first-order chi connectivity index (χ1) is 13.2. The number of halogens is 1. The molecule has 0 saturated heterocycles. The highest BCUT2D eigenvalue weighted by molar-refractivity contribution is 7.89. The molecule has 0 heterocycles. The number of anilines is 1. The molecule has 7 nitrogen and oxygen atoms in total. The Morgan fingerprint density at radius 2 is 1.71 bits per heavy atom. The summed E-state index contributed by atoms with van der Waals surface area (Å²) in [6.45, 7) is 0. The lowest BCUT2D eigenvalue weighted by Crippen LogP contribution is -2.25. The van der Waals surface area contributed by atoms with Crippen LogP contribution in [0.5, 0.6) is 0 Å². The molecule has 0 radical (unpaired) electrons. The van der Waals surface area contributed by atoms with Crippen molar-refractivity contribution in [3.8, 4) is 0 Å². The fraction of sp³-hybridized carbons (Fsp3) is 0.263. The molecule has 0 atom stereocenters.